The van der Waals surface area contributed by atoms with Gasteiger partial charge in [0, 0.05) is 0 Å². The quantitative estimate of drug-likeness (QED) is 0.527. The van der Waals surface area contributed by atoms with Gasteiger partial charge in [-0.15, -0.1) is 0 Å². The van der Waals surface area contributed by atoms with Crippen molar-refractivity contribution in [2.45, 2.75) is 18.8 Å². The second kappa shape index (κ2) is 2.79. The van der Waals surface area contributed by atoms with E-state index in [0.29, 0.717) is 19.7 Å². The third-order valence-corrected chi connectivity index (χ3v) is 2.22. The third-order valence-electron chi connectivity index (χ3n) is 2.22. The molecule has 0 radical (unpaired) electrons. The summed E-state index contributed by atoms with van der Waals surface area (Å²) < 4.78 is 15.3. The first kappa shape index (κ1) is 7.06. The van der Waals surface area contributed by atoms with Crippen molar-refractivity contribution in [1.29, 1.82) is 0 Å². The van der Waals surface area contributed by atoms with E-state index in [9.17, 15) is 4.79 Å². The average molecular weight is 158 g/mol. The lowest BCUT2D eigenvalue weighted by Crippen LogP contribution is -2.22. The van der Waals surface area contributed by atoms with Crippen LogP contribution in [0.2, 0.25) is 0 Å². The van der Waals surface area contributed by atoms with Crippen molar-refractivity contribution in [3.8, 4) is 0 Å². The van der Waals surface area contributed by atoms with Gasteiger partial charge in [-0.1, -0.05) is 0 Å². The Kier molecular flexibility index (Phi) is 1.79. The molecule has 0 aliphatic carbocycles. The molecule has 2 aliphatic heterocycles. The lowest BCUT2D eigenvalue weighted by molar-refractivity contribution is -0.135. The molecule has 0 aromatic carbocycles. The van der Waals surface area contributed by atoms with E-state index in [1.165, 1.54) is 0 Å². The van der Waals surface area contributed by atoms with Crippen LogP contribution in [0.5, 0.6) is 0 Å². The second-order valence-corrected chi connectivity index (χ2v) is 2.80. The van der Waals surface area contributed by atoms with Crippen LogP contribution < -0.4 is 0 Å². The van der Waals surface area contributed by atoms with Gasteiger partial charge in [-0.2, -0.15) is 0 Å². The van der Waals surface area contributed by atoms with E-state index in [2.05, 4.69) is 0 Å². The summed E-state index contributed by atoms with van der Waals surface area (Å²) in [5, 5.41) is 0. The number of hydrogen-bond acceptors (Lipinski definition) is 4. The molecule has 2 rings (SSSR count). The number of ether oxygens (including phenoxy) is 3. The topological polar surface area (TPSA) is 44.8 Å². The number of fused-ring (bicyclic) bond motifs is 1. The highest BCUT2D eigenvalue weighted by Gasteiger charge is 2.42. The fourth-order valence-electron chi connectivity index (χ4n) is 1.64. The number of rotatable bonds is 2. The Morgan fingerprint density at radius 1 is 1.45 bits per heavy atom. The minimum Gasteiger partial charge on any atom is -0.462 e. The highest BCUT2D eigenvalue weighted by atomic mass is 16.7. The molecule has 0 aromatic heterocycles. The molecule has 2 saturated heterocycles. The Morgan fingerprint density at radius 2 is 2.36 bits per heavy atom. The van der Waals surface area contributed by atoms with Gasteiger partial charge < -0.3 is 14.2 Å². The van der Waals surface area contributed by atoms with Crippen molar-refractivity contribution in [1.82, 2.24) is 0 Å². The second-order valence-electron chi connectivity index (χ2n) is 2.80. The van der Waals surface area contributed by atoms with E-state index >= 15 is 0 Å². The summed E-state index contributed by atoms with van der Waals surface area (Å²) in [4.78, 5) is 10.0. The van der Waals surface area contributed by atoms with E-state index in [1.807, 2.05) is 0 Å². The monoisotopic (exact) mass is 158 g/mol. The van der Waals surface area contributed by atoms with Crippen molar-refractivity contribution in [3.63, 3.8) is 0 Å². The van der Waals surface area contributed by atoms with Gasteiger partial charge in [0.05, 0.1) is 19.1 Å². The lowest BCUT2D eigenvalue weighted by Gasteiger charge is -2.11. The summed E-state index contributed by atoms with van der Waals surface area (Å²) in [5.74, 6) is 0.264. The Morgan fingerprint density at radius 3 is 3.18 bits per heavy atom. The average Bonchev–Trinajstić information content (AvgIpc) is 2.53. The third kappa shape index (κ3) is 1.12. The van der Waals surface area contributed by atoms with Crippen LogP contribution in [0.4, 0.5) is 0 Å². The van der Waals surface area contributed by atoms with Gasteiger partial charge >= 0.3 is 0 Å². The summed E-state index contributed by atoms with van der Waals surface area (Å²) in [6, 6.07) is 0. The fourth-order valence-corrected chi connectivity index (χ4v) is 1.64. The van der Waals surface area contributed by atoms with Gasteiger partial charge in [-0.3, -0.25) is 4.79 Å². The molecular weight excluding hydrogens is 148 g/mol. The highest BCUT2D eigenvalue weighted by Crippen LogP contribution is 2.32. The maximum absolute atomic E-state index is 10.0. The van der Waals surface area contributed by atoms with E-state index in [0.717, 1.165) is 6.42 Å². The zero-order chi connectivity index (χ0) is 7.68. The first-order chi connectivity index (χ1) is 5.42. The molecule has 2 aliphatic rings. The molecule has 0 saturated carbocycles. The molecule has 0 bridgehead atoms. The Balaban J connectivity index is 1.97. The fraction of sp³-hybridized carbons (Fsp3) is 0.857. The molecule has 4 nitrogen and oxygen atoms in total. The molecule has 0 unspecified atom stereocenters. The van der Waals surface area contributed by atoms with Crippen molar-refractivity contribution in [2.75, 3.05) is 13.2 Å². The summed E-state index contributed by atoms with van der Waals surface area (Å²) in [7, 11) is 0. The van der Waals surface area contributed by atoms with E-state index in [4.69, 9.17) is 14.2 Å². The van der Waals surface area contributed by atoms with E-state index < -0.39 is 0 Å². The number of carbonyl (C=O) groups is 1. The first-order valence-electron chi connectivity index (χ1n) is 3.74. The smallest absolute Gasteiger partial charge is 0.293 e. The molecule has 0 N–H and O–H groups in total. The minimum atomic E-state index is -0.125. The van der Waals surface area contributed by atoms with Crippen molar-refractivity contribution in [2.24, 2.45) is 5.92 Å². The summed E-state index contributed by atoms with van der Waals surface area (Å²) in [5.41, 5.74) is 0. The van der Waals surface area contributed by atoms with Gasteiger partial charge in [0.1, 0.15) is 6.10 Å². The first-order valence-corrected chi connectivity index (χ1v) is 3.74. The van der Waals surface area contributed by atoms with Crippen LogP contribution in [0.15, 0.2) is 0 Å². The maximum atomic E-state index is 10.0. The summed E-state index contributed by atoms with van der Waals surface area (Å²) in [6.45, 7) is 1.68. The summed E-state index contributed by atoms with van der Waals surface area (Å²) >= 11 is 0. The number of hydrogen-bond donors (Lipinski definition) is 0. The number of carbonyl (C=O) groups excluding carboxylic acids is 1. The molecule has 4 heteroatoms. The van der Waals surface area contributed by atoms with Crippen molar-refractivity contribution in [3.05, 3.63) is 0 Å². The van der Waals surface area contributed by atoms with Gasteiger partial charge in [-0.25, -0.2) is 0 Å². The molecule has 2 fully saturated rings. The molecule has 0 amide bonds. The highest BCUT2D eigenvalue weighted by molar-refractivity contribution is 5.37. The van der Waals surface area contributed by atoms with Crippen LogP contribution in [0.1, 0.15) is 6.42 Å². The van der Waals surface area contributed by atoms with Crippen LogP contribution in [0.3, 0.4) is 0 Å². The Labute approximate surface area is 64.4 Å². The lowest BCUT2D eigenvalue weighted by atomic mass is 10.0. The van der Waals surface area contributed by atoms with Crippen LogP contribution in [0, 0.1) is 5.92 Å². The Hall–Kier alpha value is -0.610. The van der Waals surface area contributed by atoms with Gasteiger partial charge in [-0.05, 0) is 6.42 Å². The van der Waals surface area contributed by atoms with Crippen LogP contribution >= 0.6 is 0 Å². The standard InChI is InChI=1S/C7H10O4/c8-4-11-6-3-10-7-5(6)1-2-9-7/h4-7H,1-3H2/t5-,6-,7+/m1/s1. The predicted molar refractivity (Wildman–Crippen MR) is 34.7 cm³/mol. The normalized spacial score (nSPS) is 42.0. The van der Waals surface area contributed by atoms with Gasteiger partial charge in [0.25, 0.3) is 6.47 Å². The Bertz CT molecular complexity index is 159. The molecule has 0 aromatic rings. The van der Waals surface area contributed by atoms with Crippen LogP contribution in [-0.4, -0.2) is 32.1 Å². The molecule has 3 atom stereocenters. The molecular formula is C7H10O4. The molecule has 0 spiro atoms. The van der Waals surface area contributed by atoms with E-state index in [-0.39, 0.29) is 18.3 Å². The van der Waals surface area contributed by atoms with Gasteiger partial charge in [0.15, 0.2) is 6.29 Å². The van der Waals surface area contributed by atoms with Crippen molar-refractivity contribution < 1.29 is 19.0 Å². The zero-order valence-corrected chi connectivity index (χ0v) is 6.06. The maximum Gasteiger partial charge on any atom is 0.293 e. The van der Waals surface area contributed by atoms with Gasteiger partial charge in [0.2, 0.25) is 0 Å². The molecule has 11 heavy (non-hydrogen) atoms. The molecule has 2 heterocycles. The largest absolute Gasteiger partial charge is 0.462 e. The summed E-state index contributed by atoms with van der Waals surface area (Å²) in [6.07, 6.45) is 0.725. The SMILES string of the molecule is O=CO[C@@H]1CO[C@@H]2OCC[C@@H]21. The zero-order valence-electron chi connectivity index (χ0n) is 6.06. The van der Waals surface area contributed by atoms with Crippen LogP contribution in [-0.2, 0) is 19.0 Å². The van der Waals surface area contributed by atoms with E-state index in [1.54, 1.807) is 0 Å². The molecule has 62 valence electrons. The minimum absolute atomic E-state index is 0.0833. The van der Waals surface area contributed by atoms with Crippen molar-refractivity contribution >= 4 is 6.47 Å². The predicted octanol–water partition coefficient (Wildman–Crippen LogP) is -0.0792. The van der Waals surface area contributed by atoms with Crippen LogP contribution in [0.25, 0.3) is 0 Å².